The predicted molar refractivity (Wildman–Crippen MR) is 228 cm³/mol. The molecular formula is C48H77ClO6. The molecule has 0 aliphatic heterocycles. The highest BCUT2D eigenvalue weighted by Gasteiger charge is 2.42. The van der Waals surface area contributed by atoms with Gasteiger partial charge in [-0.15, -0.1) is 11.6 Å². The van der Waals surface area contributed by atoms with Crippen LogP contribution in [0.1, 0.15) is 209 Å². The lowest BCUT2D eigenvalue weighted by molar-refractivity contribution is -0.149. The van der Waals surface area contributed by atoms with E-state index in [1.165, 1.54) is 83.5 Å². The van der Waals surface area contributed by atoms with Gasteiger partial charge in [-0.3, -0.25) is 4.79 Å². The standard InChI is InChI=1S/C48H77ClO6/c1-4-7-8-9-10-11-12-13-14-15-16-17-18-21-26-37-31-32-38(47(53)54)35-41(37)44(5-2)55-46(52)30-23-20-19-22-27-39-40(43(50)36-42(39)49)28-24-29-45(51)48(6-3)33-25-34-48/h19,22,24,28,31-32,35,39-40,42-45,50-51H,4-18,20-21,23,25-27,29-30,33-34,36H2,1-3H3,(H,53,54)/b22-19-,28-24+/t39-,40-,42-,43-,44?,45+/m1/s1. The molecule has 2 saturated carbocycles. The zero-order chi connectivity index (χ0) is 39.9. The summed E-state index contributed by atoms with van der Waals surface area (Å²) in [6.07, 6.45) is 34.8. The number of unbranched alkanes of at least 4 members (excludes halogenated alkanes) is 14. The van der Waals surface area contributed by atoms with E-state index >= 15 is 0 Å². The van der Waals surface area contributed by atoms with Crippen LogP contribution in [0.3, 0.4) is 0 Å². The number of halogens is 1. The third-order valence-electron chi connectivity index (χ3n) is 12.9. The normalized spacial score (nSPS) is 21.9. The van der Waals surface area contributed by atoms with Crippen LogP contribution in [-0.4, -0.2) is 44.8 Å². The average molecular weight is 786 g/mol. The molecule has 1 aromatic rings. The fourth-order valence-electron chi connectivity index (χ4n) is 8.92. The van der Waals surface area contributed by atoms with E-state index in [0.717, 1.165) is 62.5 Å². The van der Waals surface area contributed by atoms with Crippen molar-refractivity contribution in [3.63, 3.8) is 0 Å². The lowest BCUT2D eigenvalue weighted by atomic mass is 9.63. The van der Waals surface area contributed by atoms with Crippen molar-refractivity contribution in [3.8, 4) is 0 Å². The quantitative estimate of drug-likeness (QED) is 0.0311. The summed E-state index contributed by atoms with van der Waals surface area (Å²) in [6, 6.07) is 5.29. The predicted octanol–water partition coefficient (Wildman–Crippen LogP) is 13.0. The SMILES string of the molecule is CCCCCCCCCCCCCCCCc1ccc(C(=O)O)cc1C(CC)OC(=O)CCC/C=C\C[C@@H]1[C@@H](/C=C/C[C@H](O)C2(CC)CCC2)[C@H](O)C[C@H]1Cl. The number of aryl methyl sites for hydroxylation is 1. The number of rotatable bonds is 30. The Morgan fingerprint density at radius 2 is 1.53 bits per heavy atom. The number of alkyl halides is 1. The molecule has 0 radical (unpaired) electrons. The summed E-state index contributed by atoms with van der Waals surface area (Å²) in [4.78, 5) is 24.8. The van der Waals surface area contributed by atoms with Crippen molar-refractivity contribution in [2.75, 3.05) is 0 Å². The summed E-state index contributed by atoms with van der Waals surface area (Å²) in [6.45, 7) is 6.41. The number of carbonyl (C=O) groups excluding carboxylic acids is 1. The number of hydrogen-bond donors (Lipinski definition) is 3. The molecule has 1 unspecified atom stereocenters. The fourth-order valence-corrected chi connectivity index (χ4v) is 9.37. The van der Waals surface area contributed by atoms with E-state index in [1.54, 1.807) is 12.1 Å². The second kappa shape index (κ2) is 26.7. The molecule has 0 amide bonds. The van der Waals surface area contributed by atoms with Gasteiger partial charge < -0.3 is 20.1 Å². The second-order valence-corrected chi connectivity index (χ2v) is 17.4. The molecule has 0 heterocycles. The fraction of sp³-hybridized carbons (Fsp3) is 0.750. The van der Waals surface area contributed by atoms with Gasteiger partial charge in [0.25, 0.3) is 0 Å². The van der Waals surface area contributed by atoms with Gasteiger partial charge in [-0.1, -0.05) is 141 Å². The van der Waals surface area contributed by atoms with Gasteiger partial charge >= 0.3 is 11.9 Å². The van der Waals surface area contributed by atoms with Gasteiger partial charge in [0.1, 0.15) is 6.10 Å². The number of esters is 1. The summed E-state index contributed by atoms with van der Waals surface area (Å²) >= 11 is 6.68. The topological polar surface area (TPSA) is 104 Å². The van der Waals surface area contributed by atoms with Gasteiger partial charge in [0.15, 0.2) is 0 Å². The molecule has 2 aliphatic carbocycles. The van der Waals surface area contributed by atoms with E-state index in [1.807, 2.05) is 13.0 Å². The first-order valence-electron chi connectivity index (χ1n) is 22.5. The van der Waals surface area contributed by atoms with Crippen molar-refractivity contribution in [1.82, 2.24) is 0 Å². The zero-order valence-electron chi connectivity index (χ0n) is 34.8. The molecule has 3 rings (SSSR count). The molecule has 7 heteroatoms. The second-order valence-electron chi connectivity index (χ2n) is 16.9. The Morgan fingerprint density at radius 1 is 0.891 bits per heavy atom. The highest BCUT2D eigenvalue weighted by Crippen LogP contribution is 2.48. The van der Waals surface area contributed by atoms with Crippen LogP contribution in [-0.2, 0) is 16.0 Å². The van der Waals surface area contributed by atoms with Gasteiger partial charge in [0, 0.05) is 17.7 Å². The summed E-state index contributed by atoms with van der Waals surface area (Å²) in [5.74, 6) is -1.14. The van der Waals surface area contributed by atoms with Crippen molar-refractivity contribution in [3.05, 3.63) is 59.2 Å². The molecule has 0 aromatic heterocycles. The maximum atomic E-state index is 13.0. The largest absolute Gasteiger partial charge is 0.478 e. The Morgan fingerprint density at radius 3 is 2.09 bits per heavy atom. The first-order chi connectivity index (χ1) is 26.7. The van der Waals surface area contributed by atoms with E-state index in [9.17, 15) is 24.9 Å². The number of carboxylic acid groups (broad SMARTS) is 1. The van der Waals surface area contributed by atoms with Crippen LogP contribution in [0.2, 0.25) is 0 Å². The Balaban J connectivity index is 1.38. The van der Waals surface area contributed by atoms with Crippen LogP contribution in [0.25, 0.3) is 0 Å². The summed E-state index contributed by atoms with van der Waals surface area (Å²) < 4.78 is 5.98. The van der Waals surface area contributed by atoms with E-state index in [4.69, 9.17) is 16.3 Å². The highest BCUT2D eigenvalue weighted by atomic mass is 35.5. The van der Waals surface area contributed by atoms with Crippen molar-refractivity contribution < 1.29 is 29.6 Å². The van der Waals surface area contributed by atoms with Gasteiger partial charge in [-0.2, -0.15) is 0 Å². The van der Waals surface area contributed by atoms with Crippen LogP contribution in [0.5, 0.6) is 0 Å². The van der Waals surface area contributed by atoms with E-state index in [0.29, 0.717) is 32.1 Å². The number of aliphatic hydroxyl groups is 2. The molecule has 3 N–H and O–H groups in total. The molecule has 0 saturated heterocycles. The molecule has 6 atom stereocenters. The van der Waals surface area contributed by atoms with Crippen molar-refractivity contribution in [1.29, 1.82) is 0 Å². The van der Waals surface area contributed by atoms with Gasteiger partial charge in [-0.05, 0) is 105 Å². The molecule has 2 fully saturated rings. The van der Waals surface area contributed by atoms with Crippen LogP contribution < -0.4 is 0 Å². The zero-order valence-corrected chi connectivity index (χ0v) is 35.6. The van der Waals surface area contributed by atoms with Crippen molar-refractivity contribution in [2.45, 2.75) is 211 Å². The first kappa shape index (κ1) is 47.2. The van der Waals surface area contributed by atoms with Gasteiger partial charge in [0.05, 0.1) is 17.8 Å². The number of aromatic carboxylic acids is 1. The minimum atomic E-state index is -0.972. The smallest absolute Gasteiger partial charge is 0.335 e. The van der Waals surface area contributed by atoms with Gasteiger partial charge in [-0.25, -0.2) is 4.79 Å². The number of carboxylic acids is 1. The molecular weight excluding hydrogens is 708 g/mol. The highest BCUT2D eigenvalue weighted by molar-refractivity contribution is 6.21. The number of aliphatic hydroxyl groups excluding tert-OH is 2. The van der Waals surface area contributed by atoms with Gasteiger partial charge in [0.2, 0.25) is 0 Å². The lowest BCUT2D eigenvalue weighted by Crippen LogP contribution is -2.40. The summed E-state index contributed by atoms with van der Waals surface area (Å²) in [5.41, 5.74) is 2.20. The number of ether oxygens (including phenoxy) is 1. The lowest BCUT2D eigenvalue weighted by Gasteiger charge is -2.45. The number of allylic oxidation sites excluding steroid dienone is 2. The molecule has 2 aliphatic rings. The molecule has 0 bridgehead atoms. The average Bonchev–Trinajstić information content (AvgIpc) is 3.42. The Labute approximate surface area is 339 Å². The van der Waals surface area contributed by atoms with E-state index < -0.39 is 18.2 Å². The number of carbonyl (C=O) groups is 2. The minimum absolute atomic E-state index is 0.0295. The van der Waals surface area contributed by atoms with Crippen molar-refractivity contribution >= 4 is 23.5 Å². The van der Waals surface area contributed by atoms with Crippen LogP contribution in [0, 0.1) is 17.3 Å². The Bertz CT molecular complexity index is 1280. The Kier molecular flexibility index (Phi) is 22.9. The summed E-state index contributed by atoms with van der Waals surface area (Å²) in [5, 5.41) is 31.1. The maximum Gasteiger partial charge on any atom is 0.335 e. The number of hydrogen-bond acceptors (Lipinski definition) is 5. The monoisotopic (exact) mass is 785 g/mol. The maximum absolute atomic E-state index is 13.0. The molecule has 1 aromatic carbocycles. The van der Waals surface area contributed by atoms with E-state index in [-0.39, 0.29) is 40.3 Å². The molecule has 55 heavy (non-hydrogen) atoms. The molecule has 0 spiro atoms. The molecule has 312 valence electrons. The molecule has 6 nitrogen and oxygen atoms in total. The summed E-state index contributed by atoms with van der Waals surface area (Å²) in [7, 11) is 0. The minimum Gasteiger partial charge on any atom is -0.478 e. The third kappa shape index (κ3) is 16.3. The number of benzene rings is 1. The van der Waals surface area contributed by atoms with Crippen LogP contribution in [0.4, 0.5) is 0 Å². The van der Waals surface area contributed by atoms with E-state index in [2.05, 4.69) is 38.2 Å². The van der Waals surface area contributed by atoms with Crippen LogP contribution in [0.15, 0.2) is 42.5 Å². The first-order valence-corrected chi connectivity index (χ1v) is 23.0. The Hall–Kier alpha value is -2.15. The van der Waals surface area contributed by atoms with Crippen LogP contribution >= 0.6 is 11.6 Å². The third-order valence-corrected chi connectivity index (χ3v) is 13.4. The van der Waals surface area contributed by atoms with Crippen molar-refractivity contribution in [2.24, 2.45) is 17.3 Å².